The van der Waals surface area contributed by atoms with Gasteiger partial charge in [-0.2, -0.15) is 0 Å². The smallest absolute Gasteiger partial charge is 0.255 e. The highest BCUT2D eigenvalue weighted by Crippen LogP contribution is 2.16. The van der Waals surface area contributed by atoms with Gasteiger partial charge in [-0.05, 0) is 36.8 Å². The van der Waals surface area contributed by atoms with Crippen LogP contribution >= 0.6 is 0 Å². The molecule has 0 heterocycles. The van der Waals surface area contributed by atoms with Crippen molar-refractivity contribution in [2.75, 3.05) is 11.9 Å². The summed E-state index contributed by atoms with van der Waals surface area (Å²) in [5.41, 5.74) is 7.36. The van der Waals surface area contributed by atoms with E-state index in [9.17, 15) is 9.18 Å². The molecule has 0 aromatic heterocycles. The van der Waals surface area contributed by atoms with Crippen molar-refractivity contribution in [3.8, 4) is 11.8 Å². The zero-order valence-corrected chi connectivity index (χ0v) is 11.6. The van der Waals surface area contributed by atoms with Crippen molar-refractivity contribution in [2.45, 2.75) is 6.92 Å². The lowest BCUT2D eigenvalue weighted by Crippen LogP contribution is -2.13. The highest BCUT2D eigenvalue weighted by Gasteiger charge is 2.10. The topological polar surface area (TPSA) is 55.1 Å². The molecule has 0 aliphatic heterocycles. The summed E-state index contributed by atoms with van der Waals surface area (Å²) in [6.45, 7) is 2.05. The van der Waals surface area contributed by atoms with E-state index in [-0.39, 0.29) is 23.6 Å². The maximum Gasteiger partial charge on any atom is 0.255 e. The van der Waals surface area contributed by atoms with Crippen LogP contribution in [0.5, 0.6) is 0 Å². The Kier molecular flexibility index (Phi) is 4.70. The minimum atomic E-state index is -0.534. The summed E-state index contributed by atoms with van der Waals surface area (Å²) in [7, 11) is 0. The fraction of sp³-hybridized carbons (Fsp3) is 0.118. The molecule has 2 rings (SSSR count). The van der Waals surface area contributed by atoms with E-state index in [0.717, 1.165) is 5.56 Å². The Morgan fingerprint density at radius 2 is 2.05 bits per heavy atom. The Bertz CT molecular complexity index is 729. The average Bonchev–Trinajstić information content (AvgIpc) is 2.48. The number of hydrogen-bond donors (Lipinski definition) is 2. The number of hydrogen-bond acceptors (Lipinski definition) is 2. The van der Waals surface area contributed by atoms with E-state index in [0.29, 0.717) is 5.69 Å². The van der Waals surface area contributed by atoms with Crippen molar-refractivity contribution >= 4 is 11.6 Å². The second-order valence-corrected chi connectivity index (χ2v) is 4.47. The quantitative estimate of drug-likeness (QED) is 0.832. The molecule has 3 nitrogen and oxygen atoms in total. The molecule has 4 heteroatoms. The zero-order valence-electron chi connectivity index (χ0n) is 11.6. The van der Waals surface area contributed by atoms with Crippen LogP contribution in [0.15, 0.2) is 42.5 Å². The molecule has 0 aliphatic rings. The minimum absolute atomic E-state index is 0.162. The van der Waals surface area contributed by atoms with Crippen LogP contribution in [0.1, 0.15) is 21.5 Å². The molecule has 0 radical (unpaired) electrons. The molecule has 3 N–H and O–H groups in total. The third kappa shape index (κ3) is 3.68. The molecule has 0 spiro atoms. The second-order valence-electron chi connectivity index (χ2n) is 4.47. The number of halogens is 1. The molecule has 0 bridgehead atoms. The van der Waals surface area contributed by atoms with Gasteiger partial charge in [0.2, 0.25) is 0 Å². The monoisotopic (exact) mass is 282 g/mol. The molecular formula is C17H15FN2O. The van der Waals surface area contributed by atoms with Crippen LogP contribution in [0, 0.1) is 24.6 Å². The normalized spacial score (nSPS) is 9.67. The maximum absolute atomic E-state index is 13.8. The maximum atomic E-state index is 13.8. The number of anilines is 1. The van der Waals surface area contributed by atoms with Gasteiger partial charge in [0.25, 0.3) is 5.91 Å². The standard InChI is InChI=1S/C17H15FN2O/c1-12-5-2-3-7-16(12)20-17(21)14-9-8-13(6-4-10-19)15(18)11-14/h2-3,5,7-9,11H,10,19H2,1H3,(H,20,21). The van der Waals surface area contributed by atoms with Gasteiger partial charge in [-0.25, -0.2) is 4.39 Å². The first-order chi connectivity index (χ1) is 10.1. The fourth-order valence-electron chi connectivity index (χ4n) is 1.81. The Morgan fingerprint density at radius 3 is 2.71 bits per heavy atom. The molecule has 2 aromatic carbocycles. The molecule has 2 aromatic rings. The van der Waals surface area contributed by atoms with Crippen molar-refractivity contribution in [2.24, 2.45) is 5.73 Å². The van der Waals surface area contributed by atoms with Crippen LogP contribution in [0.2, 0.25) is 0 Å². The molecule has 106 valence electrons. The third-order valence-corrected chi connectivity index (χ3v) is 2.95. The summed E-state index contributed by atoms with van der Waals surface area (Å²) >= 11 is 0. The number of carbonyl (C=O) groups is 1. The van der Waals surface area contributed by atoms with Crippen molar-refractivity contribution in [1.29, 1.82) is 0 Å². The van der Waals surface area contributed by atoms with Crippen LogP contribution in [-0.2, 0) is 0 Å². The third-order valence-electron chi connectivity index (χ3n) is 2.95. The first-order valence-electron chi connectivity index (χ1n) is 6.47. The number of nitrogens with one attached hydrogen (secondary N) is 1. The van der Waals surface area contributed by atoms with Crippen LogP contribution in [0.3, 0.4) is 0 Å². The number of carbonyl (C=O) groups excluding carboxylic acids is 1. The van der Waals surface area contributed by atoms with Gasteiger partial charge in [0.15, 0.2) is 0 Å². The van der Waals surface area contributed by atoms with Gasteiger partial charge in [-0.15, -0.1) is 0 Å². The summed E-state index contributed by atoms with van der Waals surface area (Å²) in [5, 5.41) is 2.75. The SMILES string of the molecule is Cc1ccccc1NC(=O)c1ccc(C#CCN)c(F)c1. The van der Waals surface area contributed by atoms with E-state index in [4.69, 9.17) is 5.73 Å². The molecule has 1 amide bonds. The molecule has 0 unspecified atom stereocenters. The summed E-state index contributed by atoms with van der Waals surface area (Å²) in [6, 6.07) is 11.6. The minimum Gasteiger partial charge on any atom is -0.322 e. The van der Waals surface area contributed by atoms with Gasteiger partial charge in [-0.3, -0.25) is 4.79 Å². The van der Waals surface area contributed by atoms with E-state index in [2.05, 4.69) is 17.2 Å². The van der Waals surface area contributed by atoms with Crippen molar-refractivity contribution in [3.63, 3.8) is 0 Å². The van der Waals surface area contributed by atoms with Crippen LogP contribution in [0.25, 0.3) is 0 Å². The summed E-state index contributed by atoms with van der Waals surface area (Å²) < 4.78 is 13.8. The second kappa shape index (κ2) is 6.69. The molecule has 0 saturated carbocycles. The molecular weight excluding hydrogens is 267 g/mol. The van der Waals surface area contributed by atoms with Gasteiger partial charge in [-0.1, -0.05) is 30.0 Å². The van der Waals surface area contributed by atoms with E-state index >= 15 is 0 Å². The van der Waals surface area contributed by atoms with E-state index in [1.54, 1.807) is 6.07 Å². The van der Waals surface area contributed by atoms with E-state index < -0.39 is 5.82 Å². The Hall–Kier alpha value is -2.64. The van der Waals surface area contributed by atoms with Gasteiger partial charge in [0.1, 0.15) is 5.82 Å². The van der Waals surface area contributed by atoms with E-state index in [1.807, 2.05) is 25.1 Å². The average molecular weight is 282 g/mol. The predicted octanol–water partition coefficient (Wildman–Crippen LogP) is 2.70. The summed E-state index contributed by atoms with van der Waals surface area (Å²) in [5.74, 6) is 4.30. The first-order valence-corrected chi connectivity index (χ1v) is 6.47. The largest absolute Gasteiger partial charge is 0.322 e. The first kappa shape index (κ1) is 14.8. The van der Waals surface area contributed by atoms with Crippen molar-refractivity contribution < 1.29 is 9.18 Å². The number of nitrogens with two attached hydrogens (primary N) is 1. The number of amides is 1. The lowest BCUT2D eigenvalue weighted by Gasteiger charge is -2.08. The highest BCUT2D eigenvalue weighted by atomic mass is 19.1. The van der Waals surface area contributed by atoms with Crippen molar-refractivity contribution in [1.82, 2.24) is 0 Å². The number of para-hydroxylation sites is 1. The summed E-state index contributed by atoms with van der Waals surface area (Å²) in [4.78, 5) is 12.1. The predicted molar refractivity (Wildman–Crippen MR) is 81.5 cm³/mol. The van der Waals surface area contributed by atoms with Gasteiger partial charge >= 0.3 is 0 Å². The Balaban J connectivity index is 2.21. The highest BCUT2D eigenvalue weighted by molar-refractivity contribution is 6.04. The number of aryl methyl sites for hydroxylation is 1. The Morgan fingerprint density at radius 1 is 1.29 bits per heavy atom. The van der Waals surface area contributed by atoms with Crippen LogP contribution in [-0.4, -0.2) is 12.5 Å². The zero-order chi connectivity index (χ0) is 15.2. The summed E-state index contributed by atoms with van der Waals surface area (Å²) in [6.07, 6.45) is 0. The number of rotatable bonds is 2. The molecule has 21 heavy (non-hydrogen) atoms. The van der Waals surface area contributed by atoms with Crippen LogP contribution < -0.4 is 11.1 Å². The number of benzene rings is 2. The van der Waals surface area contributed by atoms with Gasteiger partial charge in [0.05, 0.1) is 12.1 Å². The molecule has 0 fully saturated rings. The Labute approximate surface area is 123 Å². The molecule has 0 saturated heterocycles. The van der Waals surface area contributed by atoms with Gasteiger partial charge < -0.3 is 11.1 Å². The van der Waals surface area contributed by atoms with E-state index in [1.165, 1.54) is 18.2 Å². The van der Waals surface area contributed by atoms with Crippen LogP contribution in [0.4, 0.5) is 10.1 Å². The fourth-order valence-corrected chi connectivity index (χ4v) is 1.81. The van der Waals surface area contributed by atoms with Gasteiger partial charge in [0, 0.05) is 11.3 Å². The lowest BCUT2D eigenvalue weighted by atomic mass is 10.1. The molecule has 0 atom stereocenters. The molecule has 0 aliphatic carbocycles. The lowest BCUT2D eigenvalue weighted by molar-refractivity contribution is 0.102. The van der Waals surface area contributed by atoms with Crippen molar-refractivity contribution in [3.05, 3.63) is 65.0 Å².